The fourth-order valence-corrected chi connectivity index (χ4v) is 2.39. The first-order valence-corrected chi connectivity index (χ1v) is 14.8. The standard InChI is InChI=1S/2C9H7.C4H6Si.2ClH.Hf/c2*1-2-5-9-7-3-6-8(9)4-1;1-3-5-4-2;;;/h2*1-7H;3-4H,1-2H2;2*1H;/q2*-1;;;;+2/p-2. The van der Waals surface area contributed by atoms with E-state index in [4.69, 9.17) is 0 Å². The molecule has 132 valence electrons. The smallest absolute Gasteiger partial charge is 0.0809 e. The monoisotopic (exact) mass is 562 g/mol. The zero-order chi connectivity index (χ0) is 17.2. The number of hydrogen-bond acceptors (Lipinski definition) is 0. The summed E-state index contributed by atoms with van der Waals surface area (Å²) in [5.41, 5.74) is 3.83. The van der Waals surface area contributed by atoms with E-state index in [0.29, 0.717) is 0 Å². The van der Waals surface area contributed by atoms with Crippen molar-refractivity contribution in [3.63, 3.8) is 0 Å². The van der Waals surface area contributed by atoms with Crippen LogP contribution in [0.2, 0.25) is 0 Å². The van der Waals surface area contributed by atoms with E-state index in [-0.39, 0.29) is 30.3 Å². The first-order chi connectivity index (χ1) is 11.7. The third-order valence-corrected chi connectivity index (χ3v) is 8.81. The fraction of sp³-hybridized carbons (Fsp3) is 0. The predicted molar refractivity (Wildman–Crippen MR) is 105 cm³/mol. The van der Waals surface area contributed by atoms with E-state index in [1.807, 2.05) is 11.4 Å². The molecule has 0 spiro atoms. The third-order valence-electron chi connectivity index (χ3n) is 3.53. The topological polar surface area (TPSA) is 0 Å². The van der Waals surface area contributed by atoms with E-state index < -0.39 is 0 Å². The molecule has 0 amide bonds. The van der Waals surface area contributed by atoms with Crippen molar-refractivity contribution in [3.8, 4) is 0 Å². The Kier molecular flexibility index (Phi) is 13.3. The van der Waals surface area contributed by atoms with Gasteiger partial charge in [-0.15, -0.1) is 59.3 Å². The molecule has 0 N–H and O–H groups in total. The minimum Gasteiger partial charge on any atom is -1.00 e. The van der Waals surface area contributed by atoms with Crippen molar-refractivity contribution in [3.05, 3.63) is 109 Å². The molecule has 0 saturated heterocycles. The van der Waals surface area contributed by atoms with E-state index in [0.717, 1.165) is 0 Å². The number of hydrogen-bond donors (Lipinski definition) is 0. The van der Waals surface area contributed by atoms with Gasteiger partial charge in [-0.1, -0.05) is 12.1 Å². The Balaban J connectivity index is 0.000000357. The molecular formula is C22H20Cl2HfSi-2. The van der Waals surface area contributed by atoms with E-state index in [1.54, 1.807) is 0 Å². The van der Waals surface area contributed by atoms with Crippen molar-refractivity contribution in [2.75, 3.05) is 0 Å². The zero-order valence-corrected chi connectivity index (χ0v) is 20.5. The zero-order valence-electron chi connectivity index (χ0n) is 14.4. The maximum absolute atomic E-state index is 3.64. The molecule has 0 atom stereocenters. The maximum Gasteiger partial charge on any atom is -0.0809 e. The Morgan fingerprint density at radius 1 is 0.692 bits per heavy atom. The van der Waals surface area contributed by atoms with Crippen LogP contribution in [0.5, 0.6) is 0 Å². The largest absolute Gasteiger partial charge is 1.00 e. The molecule has 0 radical (unpaired) electrons. The van der Waals surface area contributed by atoms with Crippen LogP contribution in [0.4, 0.5) is 0 Å². The molecule has 26 heavy (non-hydrogen) atoms. The summed E-state index contributed by atoms with van der Waals surface area (Å²) in [6.07, 6.45) is 0. The van der Waals surface area contributed by atoms with Gasteiger partial charge < -0.3 is 24.8 Å². The summed E-state index contributed by atoms with van der Waals surface area (Å²) in [7, 11) is 0. The summed E-state index contributed by atoms with van der Waals surface area (Å²) >= 11 is 1.26. The van der Waals surface area contributed by atoms with Crippen LogP contribution >= 0.6 is 0 Å². The van der Waals surface area contributed by atoms with Crippen molar-refractivity contribution in [1.82, 2.24) is 0 Å². The molecule has 0 aliphatic heterocycles. The van der Waals surface area contributed by atoms with Gasteiger partial charge in [0.25, 0.3) is 0 Å². The summed E-state index contributed by atoms with van der Waals surface area (Å²) in [5, 5.41) is 5.32. The SMILES string of the molecule is C=C[Si](=[Hf+2])C=C.[Cl-].[Cl-].c1ccc2[cH-]ccc2c1.c1ccc2[cH-]ccc2c1. The molecule has 0 aliphatic rings. The number of benzene rings is 2. The Morgan fingerprint density at radius 2 is 1.08 bits per heavy atom. The second-order valence-electron chi connectivity index (χ2n) is 5.17. The third kappa shape index (κ3) is 8.01. The number of halogens is 2. The van der Waals surface area contributed by atoms with Crippen LogP contribution in [-0.4, -0.2) is 5.49 Å². The van der Waals surface area contributed by atoms with Crippen LogP contribution in [-0.2, 0) is 23.0 Å². The fourth-order valence-electron chi connectivity index (χ4n) is 2.22. The average molecular weight is 562 g/mol. The van der Waals surface area contributed by atoms with Crippen LogP contribution in [0, 0.1) is 0 Å². The van der Waals surface area contributed by atoms with Gasteiger partial charge in [-0.05, 0) is 0 Å². The van der Waals surface area contributed by atoms with E-state index in [2.05, 4.69) is 98.1 Å². The van der Waals surface area contributed by atoms with Gasteiger partial charge in [0.2, 0.25) is 0 Å². The molecule has 0 aliphatic carbocycles. The summed E-state index contributed by atoms with van der Waals surface area (Å²) in [6, 6.07) is 29.3. The second kappa shape index (κ2) is 13.9. The Labute approximate surface area is 183 Å². The molecular weight excluding hydrogens is 542 g/mol. The van der Waals surface area contributed by atoms with Crippen LogP contribution in [0.1, 0.15) is 0 Å². The minimum absolute atomic E-state index is 0. The Bertz CT molecular complexity index is 801. The van der Waals surface area contributed by atoms with Gasteiger partial charge in [0.15, 0.2) is 0 Å². The average Bonchev–Trinajstić information content (AvgIpc) is 3.30. The summed E-state index contributed by atoms with van der Waals surface area (Å²) in [4.78, 5) is 0. The maximum atomic E-state index is 3.64. The van der Waals surface area contributed by atoms with Gasteiger partial charge >= 0.3 is 53.1 Å². The molecule has 0 nitrogen and oxygen atoms in total. The molecule has 4 heteroatoms. The van der Waals surface area contributed by atoms with Crippen molar-refractivity contribution in [1.29, 1.82) is 0 Å². The van der Waals surface area contributed by atoms with Gasteiger partial charge in [-0.25, -0.2) is 0 Å². The quantitative estimate of drug-likeness (QED) is 0.241. The van der Waals surface area contributed by atoms with E-state index in [9.17, 15) is 0 Å². The summed E-state index contributed by atoms with van der Waals surface area (Å²) in [5.74, 6) is 0. The molecule has 0 saturated carbocycles. The predicted octanol–water partition coefficient (Wildman–Crippen LogP) is 0.101. The molecule has 0 aromatic heterocycles. The van der Waals surface area contributed by atoms with Crippen molar-refractivity contribution >= 4 is 27.0 Å². The van der Waals surface area contributed by atoms with Gasteiger partial charge in [0.05, 0.1) is 0 Å². The van der Waals surface area contributed by atoms with Crippen LogP contribution < -0.4 is 24.8 Å². The number of rotatable bonds is 2. The normalized spacial score (nSPS) is 8.69. The van der Waals surface area contributed by atoms with Crippen molar-refractivity contribution in [2.45, 2.75) is 0 Å². The van der Waals surface area contributed by atoms with Gasteiger partial charge in [0, 0.05) is 0 Å². The molecule has 0 unspecified atom stereocenters. The molecule has 4 aromatic carbocycles. The Hall–Kier alpha value is -1.19. The Morgan fingerprint density at radius 3 is 1.38 bits per heavy atom. The van der Waals surface area contributed by atoms with Crippen LogP contribution in [0.15, 0.2) is 109 Å². The van der Waals surface area contributed by atoms with Crippen LogP contribution in [0.3, 0.4) is 0 Å². The second-order valence-corrected chi connectivity index (χ2v) is 13.1. The molecule has 4 aromatic rings. The van der Waals surface area contributed by atoms with Gasteiger partial charge in [-0.3, -0.25) is 0 Å². The van der Waals surface area contributed by atoms with E-state index >= 15 is 0 Å². The van der Waals surface area contributed by atoms with Crippen LogP contribution in [0.25, 0.3) is 21.5 Å². The first kappa shape index (κ1) is 24.8. The molecule has 4 rings (SSSR count). The van der Waals surface area contributed by atoms with Gasteiger partial charge in [0.1, 0.15) is 0 Å². The number of fused-ring (bicyclic) bond motifs is 2. The first-order valence-electron chi connectivity index (χ1n) is 7.79. The minimum atomic E-state index is -0.202. The van der Waals surface area contributed by atoms with Crippen molar-refractivity contribution in [2.24, 2.45) is 0 Å². The molecule has 0 heterocycles. The molecule has 0 fully saturated rings. The van der Waals surface area contributed by atoms with E-state index in [1.165, 1.54) is 44.5 Å². The molecule has 0 bridgehead atoms. The summed E-state index contributed by atoms with van der Waals surface area (Å²) in [6.45, 7) is 7.28. The van der Waals surface area contributed by atoms with Gasteiger partial charge in [-0.2, -0.15) is 35.0 Å². The summed E-state index contributed by atoms with van der Waals surface area (Å²) < 4.78 is 0. The van der Waals surface area contributed by atoms with Crippen molar-refractivity contribution < 1.29 is 47.8 Å².